The molecule has 0 spiro atoms. The van der Waals surface area contributed by atoms with Crippen LogP contribution in [-0.2, 0) is 16.0 Å². The van der Waals surface area contributed by atoms with E-state index in [1.807, 2.05) is 31.2 Å². The number of hydrogen-bond acceptors (Lipinski definition) is 4. The second-order valence-corrected chi connectivity index (χ2v) is 10.7. The molecule has 35 heavy (non-hydrogen) atoms. The highest BCUT2D eigenvalue weighted by Crippen LogP contribution is 2.42. The summed E-state index contributed by atoms with van der Waals surface area (Å²) in [5, 5.41) is 13.3. The molecule has 1 saturated heterocycles. The van der Waals surface area contributed by atoms with Crippen LogP contribution in [0, 0.1) is 18.3 Å². The van der Waals surface area contributed by atoms with Crippen LogP contribution in [-0.4, -0.2) is 17.1 Å². The van der Waals surface area contributed by atoms with Crippen molar-refractivity contribution < 1.29 is 9.59 Å². The number of halogens is 3. The minimum Gasteiger partial charge on any atom is -0.321 e. The summed E-state index contributed by atoms with van der Waals surface area (Å²) < 4.78 is 0.863. The van der Waals surface area contributed by atoms with Crippen molar-refractivity contribution >= 4 is 74.1 Å². The molecule has 1 aliphatic heterocycles. The highest BCUT2D eigenvalue weighted by molar-refractivity contribution is 9.10. The van der Waals surface area contributed by atoms with E-state index in [9.17, 15) is 14.9 Å². The van der Waals surface area contributed by atoms with Gasteiger partial charge in [0.1, 0.15) is 16.7 Å². The maximum atomic E-state index is 13.6. The summed E-state index contributed by atoms with van der Waals surface area (Å²) in [4.78, 5) is 28.1. The molecule has 0 aliphatic carbocycles. The Morgan fingerprint density at radius 2 is 1.77 bits per heavy atom. The summed E-state index contributed by atoms with van der Waals surface area (Å²) in [6.07, 6.45) is 0.360. The van der Waals surface area contributed by atoms with Crippen molar-refractivity contribution in [1.82, 2.24) is 0 Å². The zero-order chi connectivity index (χ0) is 25.1. The molecule has 3 aromatic rings. The van der Waals surface area contributed by atoms with Crippen molar-refractivity contribution in [1.29, 1.82) is 5.26 Å². The molecule has 1 aliphatic rings. The predicted molar refractivity (Wildman–Crippen MR) is 146 cm³/mol. The van der Waals surface area contributed by atoms with Gasteiger partial charge in [-0.3, -0.25) is 14.5 Å². The van der Waals surface area contributed by atoms with Gasteiger partial charge in [-0.25, -0.2) is 0 Å². The van der Waals surface area contributed by atoms with E-state index >= 15 is 0 Å². The quantitative estimate of drug-likeness (QED) is 0.255. The first-order valence-electron chi connectivity index (χ1n) is 10.5. The van der Waals surface area contributed by atoms with Crippen molar-refractivity contribution in [3.8, 4) is 6.07 Å². The third-order valence-electron chi connectivity index (χ3n) is 5.30. The molecular weight excluding hydrogens is 569 g/mol. The molecule has 4 rings (SSSR count). The SMILES string of the molecule is Cc1ccc(N2C(=O)[C@H](Cc3ccc(Cl)c(Cl)c3)S/C2=C(/C#N)C(=O)Nc2ccc(Br)cc2)cc1. The largest absolute Gasteiger partial charge is 0.321 e. The Balaban J connectivity index is 1.72. The number of benzene rings is 3. The Morgan fingerprint density at radius 1 is 1.09 bits per heavy atom. The van der Waals surface area contributed by atoms with Crippen molar-refractivity contribution in [3.63, 3.8) is 0 Å². The molecule has 2 amide bonds. The van der Waals surface area contributed by atoms with E-state index in [1.54, 1.807) is 48.5 Å². The van der Waals surface area contributed by atoms with Crippen molar-refractivity contribution in [2.75, 3.05) is 10.2 Å². The molecule has 9 heteroatoms. The summed E-state index contributed by atoms with van der Waals surface area (Å²) in [6, 6.07) is 21.6. The van der Waals surface area contributed by atoms with Crippen LogP contribution >= 0.6 is 50.9 Å². The summed E-state index contributed by atoms with van der Waals surface area (Å²) in [5.41, 5.74) is 2.84. The Kier molecular flexibility index (Phi) is 7.88. The van der Waals surface area contributed by atoms with Gasteiger partial charge in [0.05, 0.1) is 15.3 Å². The van der Waals surface area contributed by atoms with Crippen molar-refractivity contribution in [2.45, 2.75) is 18.6 Å². The van der Waals surface area contributed by atoms with E-state index in [2.05, 4.69) is 21.2 Å². The Morgan fingerprint density at radius 3 is 2.40 bits per heavy atom. The lowest BCUT2D eigenvalue weighted by molar-refractivity contribution is -0.117. The fourth-order valence-corrected chi connectivity index (χ4v) is 5.42. The van der Waals surface area contributed by atoms with Gasteiger partial charge in [0.25, 0.3) is 5.91 Å². The molecular formula is C26H18BrCl2N3O2S. The first-order valence-corrected chi connectivity index (χ1v) is 12.9. The van der Waals surface area contributed by atoms with Gasteiger partial charge in [-0.05, 0) is 67.4 Å². The Labute approximate surface area is 225 Å². The number of nitrogens with one attached hydrogen (secondary N) is 1. The van der Waals surface area contributed by atoms with E-state index < -0.39 is 11.2 Å². The highest BCUT2D eigenvalue weighted by Gasteiger charge is 2.40. The fourth-order valence-electron chi connectivity index (χ4n) is 3.52. The molecule has 1 fully saturated rings. The van der Waals surface area contributed by atoms with Gasteiger partial charge in [0.2, 0.25) is 5.91 Å². The lowest BCUT2D eigenvalue weighted by Gasteiger charge is -2.19. The first kappa shape index (κ1) is 25.3. The predicted octanol–water partition coefficient (Wildman–Crippen LogP) is 7.13. The highest BCUT2D eigenvalue weighted by atomic mass is 79.9. The molecule has 5 nitrogen and oxygen atoms in total. The van der Waals surface area contributed by atoms with E-state index in [0.717, 1.165) is 15.6 Å². The van der Waals surface area contributed by atoms with Gasteiger partial charge < -0.3 is 5.32 Å². The average Bonchev–Trinajstić information content (AvgIpc) is 3.14. The lowest BCUT2D eigenvalue weighted by Crippen LogP contribution is -2.30. The van der Waals surface area contributed by atoms with Crippen LogP contribution in [0.5, 0.6) is 0 Å². The number of thioether (sulfide) groups is 1. The molecule has 3 aromatic carbocycles. The van der Waals surface area contributed by atoms with E-state index in [4.69, 9.17) is 23.2 Å². The molecule has 0 aromatic heterocycles. The Bertz CT molecular complexity index is 1370. The normalized spacial score (nSPS) is 16.7. The molecule has 176 valence electrons. The van der Waals surface area contributed by atoms with Gasteiger partial charge in [0, 0.05) is 15.8 Å². The van der Waals surface area contributed by atoms with Gasteiger partial charge in [-0.15, -0.1) is 0 Å². The number of carbonyl (C=O) groups is 2. The van der Waals surface area contributed by atoms with Gasteiger partial charge >= 0.3 is 0 Å². The number of rotatable bonds is 5. The van der Waals surface area contributed by atoms with Crippen LogP contribution in [0.25, 0.3) is 0 Å². The van der Waals surface area contributed by atoms with Crippen LogP contribution in [0.1, 0.15) is 11.1 Å². The van der Waals surface area contributed by atoms with Crippen LogP contribution < -0.4 is 10.2 Å². The molecule has 0 saturated carbocycles. The third kappa shape index (κ3) is 5.74. The number of hydrogen-bond donors (Lipinski definition) is 1. The summed E-state index contributed by atoms with van der Waals surface area (Å²) in [5.74, 6) is -0.804. The number of aryl methyl sites for hydroxylation is 1. The topological polar surface area (TPSA) is 73.2 Å². The molecule has 0 unspecified atom stereocenters. The summed E-state index contributed by atoms with van der Waals surface area (Å²) in [7, 11) is 0. The van der Waals surface area contributed by atoms with Crippen LogP contribution in [0.3, 0.4) is 0 Å². The Hall–Kier alpha value is -2.76. The minimum atomic E-state index is -0.586. The summed E-state index contributed by atoms with van der Waals surface area (Å²) in [6.45, 7) is 1.94. The second kappa shape index (κ2) is 10.9. The van der Waals surface area contributed by atoms with Crippen molar-refractivity contribution in [2.24, 2.45) is 0 Å². The van der Waals surface area contributed by atoms with Crippen LogP contribution in [0.15, 0.2) is 81.8 Å². The van der Waals surface area contributed by atoms with E-state index in [0.29, 0.717) is 32.9 Å². The second-order valence-electron chi connectivity index (χ2n) is 7.82. The molecule has 1 atom stereocenters. The van der Waals surface area contributed by atoms with E-state index in [1.165, 1.54) is 16.7 Å². The zero-order valence-corrected chi connectivity index (χ0v) is 22.3. The molecule has 1 heterocycles. The van der Waals surface area contributed by atoms with Gasteiger partial charge in [-0.1, -0.05) is 74.7 Å². The summed E-state index contributed by atoms with van der Waals surface area (Å²) >= 11 is 16.7. The van der Waals surface area contributed by atoms with E-state index in [-0.39, 0.29) is 11.5 Å². The number of nitriles is 1. The standard InChI is InChI=1S/C26H18BrCl2N3O2S/c1-15-2-9-19(10-3-15)32-25(34)23(13-16-4-11-21(28)22(29)12-16)35-26(32)20(14-30)24(33)31-18-7-5-17(27)6-8-18/h2-12,23H,13H2,1H3,(H,31,33)/b26-20-/t23-/m0/s1. The van der Waals surface area contributed by atoms with Gasteiger partial charge in [0.15, 0.2) is 0 Å². The lowest BCUT2D eigenvalue weighted by atomic mass is 10.1. The van der Waals surface area contributed by atoms with Crippen LogP contribution in [0.4, 0.5) is 11.4 Å². The van der Waals surface area contributed by atoms with Crippen molar-refractivity contribution in [3.05, 3.63) is 103 Å². The third-order valence-corrected chi connectivity index (χ3v) is 7.84. The molecule has 0 radical (unpaired) electrons. The number of carbonyl (C=O) groups excluding carboxylic acids is 2. The maximum absolute atomic E-state index is 13.6. The molecule has 1 N–H and O–H groups in total. The smallest absolute Gasteiger partial charge is 0.269 e. The maximum Gasteiger partial charge on any atom is 0.269 e. The fraction of sp³-hybridized carbons (Fsp3) is 0.115. The van der Waals surface area contributed by atoms with Crippen LogP contribution in [0.2, 0.25) is 10.0 Å². The minimum absolute atomic E-state index is 0.136. The number of amides is 2. The van der Waals surface area contributed by atoms with Gasteiger partial charge in [-0.2, -0.15) is 5.26 Å². The zero-order valence-electron chi connectivity index (χ0n) is 18.4. The number of nitrogens with zero attached hydrogens (tertiary/aromatic N) is 2. The number of anilines is 2. The first-order chi connectivity index (χ1) is 16.8. The monoisotopic (exact) mass is 585 g/mol. The molecule has 0 bridgehead atoms. The average molecular weight is 587 g/mol.